The molecule has 0 aliphatic carbocycles. The van der Waals surface area contributed by atoms with Crippen LogP contribution >= 0.6 is 0 Å². The van der Waals surface area contributed by atoms with Crippen LogP contribution in [0.4, 0.5) is 8.78 Å². The second kappa shape index (κ2) is 4.82. The van der Waals surface area contributed by atoms with Crippen molar-refractivity contribution in [2.24, 2.45) is 5.41 Å². The number of carbonyl (C=O) groups is 1. The number of aryl methyl sites for hydroxylation is 1. The zero-order valence-electron chi connectivity index (χ0n) is 10.2. The van der Waals surface area contributed by atoms with Gasteiger partial charge in [-0.05, 0) is 38.3 Å². The van der Waals surface area contributed by atoms with E-state index in [1.165, 1.54) is 26.0 Å². The smallest absolute Gasteiger partial charge is 0.309 e. The summed E-state index contributed by atoms with van der Waals surface area (Å²) in [5.74, 6) is -2.38. The van der Waals surface area contributed by atoms with Crippen molar-refractivity contribution >= 4 is 5.97 Å². The van der Waals surface area contributed by atoms with Crippen LogP contribution in [-0.2, 0) is 17.6 Å². The molecule has 0 spiro atoms. The molecule has 0 saturated carbocycles. The van der Waals surface area contributed by atoms with Gasteiger partial charge in [0.25, 0.3) is 0 Å². The minimum atomic E-state index is -1.19. The van der Waals surface area contributed by atoms with E-state index >= 15 is 0 Å². The minimum Gasteiger partial charge on any atom is -0.481 e. The van der Waals surface area contributed by atoms with Crippen LogP contribution in [0.15, 0.2) is 12.1 Å². The first-order valence-corrected chi connectivity index (χ1v) is 5.48. The quantitative estimate of drug-likeness (QED) is 0.880. The van der Waals surface area contributed by atoms with Crippen LogP contribution < -0.4 is 0 Å². The van der Waals surface area contributed by atoms with E-state index in [0.29, 0.717) is 12.0 Å². The molecule has 0 unspecified atom stereocenters. The van der Waals surface area contributed by atoms with Crippen LogP contribution in [0.2, 0.25) is 0 Å². The van der Waals surface area contributed by atoms with Gasteiger partial charge >= 0.3 is 5.97 Å². The van der Waals surface area contributed by atoms with E-state index in [-0.39, 0.29) is 12.0 Å². The van der Waals surface area contributed by atoms with E-state index in [2.05, 4.69) is 0 Å². The van der Waals surface area contributed by atoms with Crippen molar-refractivity contribution in [3.8, 4) is 0 Å². The Balaban J connectivity index is 3.18. The number of hydrogen-bond acceptors (Lipinski definition) is 1. The first kappa shape index (κ1) is 13.6. The standard InChI is InChI=1S/C13H16F2O2/c1-4-8-5-6-10(14)9(11(8)15)7-13(2,3)12(16)17/h5-6H,4,7H2,1-3H3,(H,16,17). The second-order valence-corrected chi connectivity index (χ2v) is 4.72. The fourth-order valence-corrected chi connectivity index (χ4v) is 1.60. The molecule has 0 aromatic heterocycles. The van der Waals surface area contributed by atoms with Crippen molar-refractivity contribution in [3.63, 3.8) is 0 Å². The molecule has 1 aromatic carbocycles. The molecule has 2 nitrogen and oxygen atoms in total. The largest absolute Gasteiger partial charge is 0.481 e. The molecule has 17 heavy (non-hydrogen) atoms. The van der Waals surface area contributed by atoms with Crippen molar-refractivity contribution in [3.05, 3.63) is 34.9 Å². The van der Waals surface area contributed by atoms with Crippen molar-refractivity contribution in [2.45, 2.75) is 33.6 Å². The van der Waals surface area contributed by atoms with Gasteiger partial charge in [0.15, 0.2) is 0 Å². The lowest BCUT2D eigenvalue weighted by atomic mass is 9.85. The fourth-order valence-electron chi connectivity index (χ4n) is 1.60. The lowest BCUT2D eigenvalue weighted by Crippen LogP contribution is -2.27. The highest BCUT2D eigenvalue weighted by atomic mass is 19.1. The van der Waals surface area contributed by atoms with Crippen molar-refractivity contribution < 1.29 is 18.7 Å². The van der Waals surface area contributed by atoms with Gasteiger partial charge in [-0.2, -0.15) is 0 Å². The van der Waals surface area contributed by atoms with E-state index < -0.39 is 23.0 Å². The second-order valence-electron chi connectivity index (χ2n) is 4.72. The minimum absolute atomic E-state index is 0.142. The number of aliphatic carboxylic acids is 1. The maximum absolute atomic E-state index is 13.9. The Morgan fingerprint density at radius 1 is 1.35 bits per heavy atom. The fraction of sp³-hybridized carbons (Fsp3) is 0.462. The summed E-state index contributed by atoms with van der Waals surface area (Å²) in [5.41, 5.74) is -0.923. The molecular formula is C13H16F2O2. The SMILES string of the molecule is CCc1ccc(F)c(CC(C)(C)C(=O)O)c1F. The zero-order chi connectivity index (χ0) is 13.2. The highest BCUT2D eigenvalue weighted by Crippen LogP contribution is 2.27. The first-order valence-electron chi connectivity index (χ1n) is 5.48. The van der Waals surface area contributed by atoms with Gasteiger partial charge in [-0.3, -0.25) is 4.79 Å². The van der Waals surface area contributed by atoms with Crippen LogP contribution in [0, 0.1) is 17.0 Å². The molecule has 0 amide bonds. The van der Waals surface area contributed by atoms with Crippen molar-refractivity contribution in [1.29, 1.82) is 0 Å². The molecule has 1 aromatic rings. The van der Waals surface area contributed by atoms with Gasteiger partial charge in [0.05, 0.1) is 5.41 Å². The number of halogens is 2. The summed E-state index contributed by atoms with van der Waals surface area (Å²) in [6.07, 6.45) is 0.292. The summed E-state index contributed by atoms with van der Waals surface area (Å²) in [6, 6.07) is 2.58. The highest BCUT2D eigenvalue weighted by molar-refractivity contribution is 5.74. The number of hydrogen-bond donors (Lipinski definition) is 1. The predicted octanol–water partition coefficient (Wildman–Crippen LogP) is 3.18. The Kier molecular flexibility index (Phi) is 3.86. The molecule has 1 rings (SSSR count). The summed E-state index contributed by atoms with van der Waals surface area (Å²) in [4.78, 5) is 11.0. The van der Waals surface area contributed by atoms with E-state index in [1.807, 2.05) is 0 Å². The predicted molar refractivity (Wildman–Crippen MR) is 60.9 cm³/mol. The number of rotatable bonds is 4. The molecule has 1 N–H and O–H groups in total. The summed E-state index contributed by atoms with van der Waals surface area (Å²) in [6.45, 7) is 4.67. The molecule has 0 heterocycles. The molecule has 4 heteroatoms. The van der Waals surface area contributed by atoms with Gasteiger partial charge in [-0.15, -0.1) is 0 Å². The molecule has 0 aliphatic rings. The normalized spacial score (nSPS) is 11.6. The Morgan fingerprint density at radius 3 is 2.41 bits per heavy atom. The van der Waals surface area contributed by atoms with E-state index in [0.717, 1.165) is 0 Å². The van der Waals surface area contributed by atoms with Gasteiger partial charge in [-0.1, -0.05) is 13.0 Å². The zero-order valence-corrected chi connectivity index (χ0v) is 10.2. The van der Waals surface area contributed by atoms with Crippen LogP contribution in [0.3, 0.4) is 0 Å². The van der Waals surface area contributed by atoms with Gasteiger partial charge in [0.2, 0.25) is 0 Å². The van der Waals surface area contributed by atoms with Crippen LogP contribution in [0.1, 0.15) is 31.9 Å². The number of carboxylic acids is 1. The van der Waals surface area contributed by atoms with Crippen molar-refractivity contribution in [1.82, 2.24) is 0 Å². The monoisotopic (exact) mass is 242 g/mol. The Labute approximate surface area is 99.3 Å². The molecular weight excluding hydrogens is 226 g/mol. The summed E-state index contributed by atoms with van der Waals surface area (Å²) >= 11 is 0. The van der Waals surface area contributed by atoms with E-state index in [9.17, 15) is 13.6 Å². The maximum atomic E-state index is 13.9. The lowest BCUT2D eigenvalue weighted by molar-refractivity contribution is -0.146. The average Bonchev–Trinajstić information content (AvgIpc) is 2.24. The Bertz CT molecular complexity index is 439. The third-order valence-electron chi connectivity index (χ3n) is 2.84. The van der Waals surface area contributed by atoms with Crippen molar-refractivity contribution in [2.75, 3.05) is 0 Å². The molecule has 0 bridgehead atoms. The number of benzene rings is 1. The summed E-state index contributed by atoms with van der Waals surface area (Å²) in [7, 11) is 0. The van der Waals surface area contributed by atoms with Crippen LogP contribution in [0.25, 0.3) is 0 Å². The van der Waals surface area contributed by atoms with Crippen LogP contribution in [0.5, 0.6) is 0 Å². The number of carboxylic acid groups (broad SMARTS) is 1. The van der Waals surface area contributed by atoms with Gasteiger partial charge in [0.1, 0.15) is 11.6 Å². The maximum Gasteiger partial charge on any atom is 0.309 e. The van der Waals surface area contributed by atoms with E-state index in [1.54, 1.807) is 6.92 Å². The Morgan fingerprint density at radius 2 is 1.94 bits per heavy atom. The van der Waals surface area contributed by atoms with Gasteiger partial charge in [0, 0.05) is 5.56 Å². The van der Waals surface area contributed by atoms with Gasteiger partial charge < -0.3 is 5.11 Å². The van der Waals surface area contributed by atoms with Gasteiger partial charge in [-0.25, -0.2) is 8.78 Å². The average molecular weight is 242 g/mol. The molecule has 0 radical (unpaired) electrons. The summed E-state index contributed by atoms with van der Waals surface area (Å²) < 4.78 is 27.4. The third kappa shape index (κ3) is 2.81. The topological polar surface area (TPSA) is 37.3 Å². The molecule has 94 valence electrons. The third-order valence-corrected chi connectivity index (χ3v) is 2.84. The molecule has 0 saturated heterocycles. The molecule has 0 aliphatic heterocycles. The lowest BCUT2D eigenvalue weighted by Gasteiger charge is -2.20. The summed E-state index contributed by atoms with van der Waals surface area (Å²) in [5, 5.41) is 8.97. The van der Waals surface area contributed by atoms with Crippen LogP contribution in [-0.4, -0.2) is 11.1 Å². The van der Waals surface area contributed by atoms with E-state index in [4.69, 9.17) is 5.11 Å². The molecule has 0 atom stereocenters. The molecule has 0 fully saturated rings. The Hall–Kier alpha value is -1.45. The first-order chi connectivity index (χ1) is 7.79. The highest BCUT2D eigenvalue weighted by Gasteiger charge is 2.30.